The molecule has 0 aliphatic rings. The molecule has 2 heterocycles. The van der Waals surface area contributed by atoms with Gasteiger partial charge in [0.25, 0.3) is 0 Å². The van der Waals surface area contributed by atoms with Crippen LogP contribution >= 0.6 is 0 Å². The topological polar surface area (TPSA) is 76.9 Å². The number of aromatic nitrogens is 3. The fraction of sp³-hybridized carbons (Fsp3) is 0.125. The Morgan fingerprint density at radius 2 is 1.74 bits per heavy atom. The third-order valence-electron chi connectivity index (χ3n) is 3.25. The van der Waals surface area contributed by atoms with Crippen molar-refractivity contribution in [3.63, 3.8) is 0 Å². The highest BCUT2D eigenvalue weighted by molar-refractivity contribution is 7.89. The molecule has 0 atom stereocenters. The molecule has 0 radical (unpaired) electrons. The minimum Gasteiger partial charge on any atom is -0.271 e. The fourth-order valence-corrected chi connectivity index (χ4v) is 3.16. The lowest BCUT2D eigenvalue weighted by molar-refractivity contribution is 0.561. The fourth-order valence-electron chi connectivity index (χ4n) is 2.11. The summed E-state index contributed by atoms with van der Waals surface area (Å²) in [6, 6.07) is 15.8. The summed E-state index contributed by atoms with van der Waals surface area (Å²) in [6.07, 6.45) is 3.52. The Morgan fingerprint density at radius 1 is 0.957 bits per heavy atom. The molecule has 0 amide bonds. The third kappa shape index (κ3) is 3.82. The molecule has 0 saturated carbocycles. The van der Waals surface area contributed by atoms with E-state index in [0.717, 1.165) is 11.4 Å². The monoisotopic (exact) mass is 328 g/mol. The van der Waals surface area contributed by atoms with Gasteiger partial charge in [-0.1, -0.05) is 24.3 Å². The Hall–Kier alpha value is -2.51. The van der Waals surface area contributed by atoms with Gasteiger partial charge in [0.05, 0.1) is 17.1 Å². The first-order valence-corrected chi connectivity index (χ1v) is 8.63. The van der Waals surface area contributed by atoms with Gasteiger partial charge < -0.3 is 0 Å². The first-order valence-electron chi connectivity index (χ1n) is 7.15. The molecule has 0 aliphatic heterocycles. The van der Waals surface area contributed by atoms with Gasteiger partial charge in [0.1, 0.15) is 5.69 Å². The number of nitrogens with one attached hydrogen (secondary N) is 1. The van der Waals surface area contributed by atoms with Crippen LogP contribution in [0.3, 0.4) is 0 Å². The zero-order chi connectivity index (χ0) is 16.1. The molecule has 0 fully saturated rings. The van der Waals surface area contributed by atoms with Crippen LogP contribution in [0.5, 0.6) is 0 Å². The summed E-state index contributed by atoms with van der Waals surface area (Å²) < 4.78 is 28.5. The molecule has 1 N–H and O–H groups in total. The molecule has 0 saturated heterocycles. The highest BCUT2D eigenvalue weighted by Crippen LogP contribution is 2.12. The molecule has 118 valence electrons. The predicted molar refractivity (Wildman–Crippen MR) is 87.1 cm³/mol. The molecule has 7 heteroatoms. The second kappa shape index (κ2) is 6.72. The van der Waals surface area contributed by atoms with Crippen molar-refractivity contribution in [2.75, 3.05) is 6.54 Å². The van der Waals surface area contributed by atoms with E-state index in [1.807, 2.05) is 24.3 Å². The van der Waals surface area contributed by atoms with Gasteiger partial charge in [0.2, 0.25) is 10.0 Å². The average Bonchev–Trinajstić information content (AvgIpc) is 3.05. The maximum Gasteiger partial charge on any atom is 0.240 e. The van der Waals surface area contributed by atoms with Gasteiger partial charge in [-0.2, -0.15) is 5.10 Å². The van der Waals surface area contributed by atoms with E-state index in [1.54, 1.807) is 47.4 Å². The van der Waals surface area contributed by atoms with Crippen molar-refractivity contribution in [1.29, 1.82) is 0 Å². The van der Waals surface area contributed by atoms with E-state index in [-0.39, 0.29) is 11.4 Å². The van der Waals surface area contributed by atoms with Crippen molar-refractivity contribution >= 4 is 10.0 Å². The van der Waals surface area contributed by atoms with Crippen LogP contribution in [0.2, 0.25) is 0 Å². The Morgan fingerprint density at radius 3 is 2.48 bits per heavy atom. The second-order valence-electron chi connectivity index (χ2n) is 4.89. The molecule has 1 aromatic carbocycles. The van der Waals surface area contributed by atoms with Crippen molar-refractivity contribution in [3.05, 3.63) is 67.0 Å². The quantitative estimate of drug-likeness (QED) is 0.750. The zero-order valence-corrected chi connectivity index (χ0v) is 13.1. The lowest BCUT2D eigenvalue weighted by Gasteiger charge is -2.06. The third-order valence-corrected chi connectivity index (χ3v) is 4.73. The van der Waals surface area contributed by atoms with Crippen molar-refractivity contribution < 1.29 is 8.42 Å². The van der Waals surface area contributed by atoms with Gasteiger partial charge in [-0.25, -0.2) is 13.1 Å². The largest absolute Gasteiger partial charge is 0.271 e. The number of nitrogens with zero attached hydrogens (tertiary/aromatic N) is 3. The molecule has 6 nitrogen and oxygen atoms in total. The summed E-state index contributed by atoms with van der Waals surface area (Å²) in [7, 11) is -3.48. The number of rotatable bonds is 6. The van der Waals surface area contributed by atoms with Gasteiger partial charge in [-0.05, 0) is 30.3 Å². The Balaban J connectivity index is 1.61. The zero-order valence-electron chi connectivity index (χ0n) is 12.3. The molecule has 0 unspecified atom stereocenters. The van der Waals surface area contributed by atoms with E-state index in [9.17, 15) is 8.42 Å². The van der Waals surface area contributed by atoms with Crippen molar-refractivity contribution in [3.8, 4) is 11.4 Å². The summed E-state index contributed by atoms with van der Waals surface area (Å²) in [5.41, 5.74) is 1.55. The van der Waals surface area contributed by atoms with Crippen LogP contribution in [0, 0.1) is 0 Å². The summed E-state index contributed by atoms with van der Waals surface area (Å²) in [5.74, 6) is 0. The highest BCUT2D eigenvalue weighted by atomic mass is 32.2. The molecule has 23 heavy (non-hydrogen) atoms. The molecular weight excluding hydrogens is 312 g/mol. The minimum atomic E-state index is -3.48. The molecule has 0 aliphatic carbocycles. The van der Waals surface area contributed by atoms with Crippen molar-refractivity contribution in [2.45, 2.75) is 11.4 Å². The Bertz CT molecular complexity index is 861. The van der Waals surface area contributed by atoms with Crippen LogP contribution in [0.25, 0.3) is 11.4 Å². The van der Waals surface area contributed by atoms with Crippen molar-refractivity contribution in [1.82, 2.24) is 19.5 Å². The van der Waals surface area contributed by atoms with Crippen LogP contribution in [0.15, 0.2) is 71.9 Å². The van der Waals surface area contributed by atoms with Gasteiger partial charge in [-0.15, -0.1) is 0 Å². The Labute approximate surface area is 134 Å². The molecular formula is C16H16N4O2S. The van der Waals surface area contributed by atoms with Gasteiger partial charge >= 0.3 is 0 Å². The van der Waals surface area contributed by atoms with E-state index in [2.05, 4.69) is 14.8 Å². The lowest BCUT2D eigenvalue weighted by atomic mass is 10.3. The Kier molecular flexibility index (Phi) is 4.50. The summed E-state index contributed by atoms with van der Waals surface area (Å²) in [4.78, 5) is 4.49. The number of pyridine rings is 1. The normalized spacial score (nSPS) is 11.5. The summed E-state index contributed by atoms with van der Waals surface area (Å²) in [6.45, 7) is 0.708. The SMILES string of the molecule is O=S(=O)(NCCn1ccc(-c2ccccn2)n1)c1ccccc1. The van der Waals surface area contributed by atoms with Crippen LogP contribution in [0.4, 0.5) is 0 Å². The second-order valence-corrected chi connectivity index (χ2v) is 6.66. The summed E-state index contributed by atoms with van der Waals surface area (Å²) in [5, 5.41) is 4.39. The molecule has 0 spiro atoms. The van der Waals surface area contributed by atoms with E-state index in [1.165, 1.54) is 0 Å². The number of hydrogen-bond acceptors (Lipinski definition) is 4. The van der Waals surface area contributed by atoms with Gasteiger partial charge in [-0.3, -0.25) is 9.67 Å². The lowest BCUT2D eigenvalue weighted by Crippen LogP contribution is -2.27. The number of sulfonamides is 1. The first kappa shape index (κ1) is 15.4. The van der Waals surface area contributed by atoms with E-state index < -0.39 is 10.0 Å². The molecule has 3 rings (SSSR count). The van der Waals surface area contributed by atoms with Gasteiger partial charge in [0, 0.05) is 18.9 Å². The van der Waals surface area contributed by atoms with E-state index in [0.29, 0.717) is 6.54 Å². The first-order chi connectivity index (χ1) is 11.1. The smallest absolute Gasteiger partial charge is 0.240 e. The average molecular weight is 328 g/mol. The van der Waals surface area contributed by atoms with E-state index >= 15 is 0 Å². The van der Waals surface area contributed by atoms with Crippen LogP contribution in [-0.2, 0) is 16.6 Å². The highest BCUT2D eigenvalue weighted by Gasteiger charge is 2.12. The van der Waals surface area contributed by atoms with E-state index in [4.69, 9.17) is 0 Å². The standard InChI is InChI=1S/C16H16N4O2S/c21-23(22,14-6-2-1-3-7-14)18-11-13-20-12-9-16(19-20)15-8-4-5-10-17-15/h1-10,12,18H,11,13H2. The number of hydrogen-bond donors (Lipinski definition) is 1. The predicted octanol–water partition coefficient (Wildman–Crippen LogP) is 1.92. The van der Waals surface area contributed by atoms with Crippen LogP contribution < -0.4 is 4.72 Å². The van der Waals surface area contributed by atoms with Gasteiger partial charge in [0.15, 0.2) is 0 Å². The van der Waals surface area contributed by atoms with Crippen LogP contribution in [0.1, 0.15) is 0 Å². The molecule has 2 aromatic heterocycles. The molecule has 0 bridgehead atoms. The summed E-state index contributed by atoms with van der Waals surface area (Å²) >= 11 is 0. The minimum absolute atomic E-state index is 0.259. The molecule has 3 aromatic rings. The maximum atomic E-state index is 12.1. The van der Waals surface area contributed by atoms with Crippen molar-refractivity contribution in [2.24, 2.45) is 0 Å². The maximum absolute atomic E-state index is 12.1. The van der Waals surface area contributed by atoms with Crippen LogP contribution in [-0.4, -0.2) is 29.7 Å². The number of benzene rings is 1.